The van der Waals surface area contributed by atoms with Crippen LogP contribution in [-0.2, 0) is 30.0 Å². The van der Waals surface area contributed by atoms with Crippen molar-refractivity contribution in [2.24, 2.45) is 0 Å². The van der Waals surface area contributed by atoms with E-state index in [4.69, 9.17) is 4.74 Å². The standard InChI is InChI=1S/C15H28N2O5S/c1-10(13(19)21-5)16-12(18)11(8-9-23(6)7)17-14(20)22-15(2,3)4/h10-11H,8-9H2,1-7H3,(H-,16,17,18,20)/p+1/t10-,11+/m0/s1. The molecule has 0 saturated carbocycles. The molecule has 0 aliphatic carbocycles. The fraction of sp³-hybridized carbons (Fsp3) is 0.800. The zero-order valence-corrected chi connectivity index (χ0v) is 15.8. The fourth-order valence-electron chi connectivity index (χ4n) is 1.62. The van der Waals surface area contributed by atoms with E-state index in [-0.39, 0.29) is 10.9 Å². The summed E-state index contributed by atoms with van der Waals surface area (Å²) in [6.07, 6.45) is 3.92. The smallest absolute Gasteiger partial charge is 0.408 e. The maximum atomic E-state index is 12.3. The predicted molar refractivity (Wildman–Crippen MR) is 91.5 cm³/mol. The molecule has 0 radical (unpaired) electrons. The molecule has 2 amide bonds. The topological polar surface area (TPSA) is 93.7 Å². The largest absolute Gasteiger partial charge is 0.467 e. The molecule has 2 N–H and O–H groups in total. The molecule has 0 spiro atoms. The molecule has 2 atom stereocenters. The number of nitrogens with one attached hydrogen (secondary N) is 2. The van der Waals surface area contributed by atoms with Crippen molar-refractivity contribution in [3.8, 4) is 0 Å². The molecule has 0 rings (SSSR count). The Bertz CT molecular complexity index is 421. The van der Waals surface area contributed by atoms with Crippen molar-refractivity contribution >= 4 is 28.9 Å². The Morgan fingerprint density at radius 1 is 1.13 bits per heavy atom. The zero-order chi connectivity index (χ0) is 18.2. The van der Waals surface area contributed by atoms with Crippen LogP contribution < -0.4 is 10.6 Å². The van der Waals surface area contributed by atoms with Gasteiger partial charge in [0, 0.05) is 6.42 Å². The van der Waals surface area contributed by atoms with Crippen molar-refractivity contribution in [3.63, 3.8) is 0 Å². The Kier molecular flexibility index (Phi) is 9.04. The summed E-state index contributed by atoms with van der Waals surface area (Å²) in [5.74, 6) is -0.195. The second-order valence-corrected chi connectivity index (χ2v) is 8.81. The first-order chi connectivity index (χ1) is 10.5. The SMILES string of the molecule is COC(=O)[C@H](C)NC(=O)[C@@H](CC[S+](C)C)NC(=O)OC(C)(C)C. The van der Waals surface area contributed by atoms with Crippen molar-refractivity contribution in [2.45, 2.75) is 51.8 Å². The highest BCUT2D eigenvalue weighted by molar-refractivity contribution is 7.95. The van der Waals surface area contributed by atoms with E-state index in [0.29, 0.717) is 6.42 Å². The van der Waals surface area contributed by atoms with Crippen molar-refractivity contribution < 1.29 is 23.9 Å². The quantitative estimate of drug-likeness (QED) is 0.524. The lowest BCUT2D eigenvalue weighted by Crippen LogP contribution is -2.52. The molecule has 0 aromatic heterocycles. The van der Waals surface area contributed by atoms with E-state index in [1.165, 1.54) is 14.0 Å². The average Bonchev–Trinajstić information content (AvgIpc) is 2.39. The summed E-state index contributed by atoms with van der Waals surface area (Å²) in [5.41, 5.74) is -0.649. The second kappa shape index (κ2) is 9.64. The van der Waals surface area contributed by atoms with E-state index in [9.17, 15) is 14.4 Å². The Hall–Kier alpha value is -1.44. The third-order valence-electron chi connectivity index (χ3n) is 2.74. The molecule has 0 unspecified atom stereocenters. The molecule has 0 bridgehead atoms. The molecule has 0 heterocycles. The van der Waals surface area contributed by atoms with Gasteiger partial charge in [-0.25, -0.2) is 9.59 Å². The number of carbonyl (C=O) groups excluding carboxylic acids is 3. The van der Waals surface area contributed by atoms with Crippen LogP contribution in [0.5, 0.6) is 0 Å². The number of alkyl carbamates (subject to hydrolysis) is 1. The molecular weight excluding hydrogens is 320 g/mol. The molecule has 0 aliphatic heterocycles. The maximum Gasteiger partial charge on any atom is 0.408 e. The van der Waals surface area contributed by atoms with E-state index < -0.39 is 35.7 Å². The van der Waals surface area contributed by atoms with Crippen LogP contribution in [0.25, 0.3) is 0 Å². The summed E-state index contributed by atoms with van der Waals surface area (Å²) in [6, 6.07) is -1.54. The summed E-state index contributed by atoms with van der Waals surface area (Å²) in [5, 5.41) is 5.11. The Morgan fingerprint density at radius 2 is 1.70 bits per heavy atom. The zero-order valence-electron chi connectivity index (χ0n) is 15.0. The minimum atomic E-state index is -0.781. The van der Waals surface area contributed by atoms with Crippen molar-refractivity contribution in [1.29, 1.82) is 0 Å². The lowest BCUT2D eigenvalue weighted by molar-refractivity contribution is -0.144. The Balaban J connectivity index is 4.81. The number of hydrogen-bond donors (Lipinski definition) is 2. The molecule has 23 heavy (non-hydrogen) atoms. The lowest BCUT2D eigenvalue weighted by atomic mass is 10.2. The number of methoxy groups -OCH3 is 1. The van der Waals surface area contributed by atoms with Crippen LogP contribution in [0.3, 0.4) is 0 Å². The average molecular weight is 349 g/mol. The van der Waals surface area contributed by atoms with Gasteiger partial charge in [-0.2, -0.15) is 0 Å². The highest BCUT2D eigenvalue weighted by atomic mass is 32.2. The van der Waals surface area contributed by atoms with Gasteiger partial charge in [0.1, 0.15) is 23.4 Å². The number of esters is 1. The first-order valence-electron chi connectivity index (χ1n) is 7.38. The minimum absolute atomic E-state index is 0.127. The van der Waals surface area contributed by atoms with Crippen molar-refractivity contribution in [1.82, 2.24) is 10.6 Å². The van der Waals surface area contributed by atoms with Crippen LogP contribution >= 0.6 is 0 Å². The Labute approximate surface area is 141 Å². The third-order valence-corrected chi connectivity index (χ3v) is 3.79. The molecular formula is C15H29N2O5S+. The van der Waals surface area contributed by atoms with Gasteiger partial charge in [-0.15, -0.1) is 0 Å². The van der Waals surface area contributed by atoms with Gasteiger partial charge >= 0.3 is 12.1 Å². The molecule has 8 heteroatoms. The van der Waals surface area contributed by atoms with Gasteiger partial charge in [-0.05, 0) is 38.6 Å². The highest BCUT2D eigenvalue weighted by Crippen LogP contribution is 2.08. The molecule has 0 aromatic rings. The van der Waals surface area contributed by atoms with Crippen molar-refractivity contribution in [2.75, 3.05) is 25.4 Å². The van der Waals surface area contributed by atoms with Gasteiger partial charge in [0.15, 0.2) is 0 Å². The third kappa shape index (κ3) is 10.0. The number of carbonyl (C=O) groups is 3. The van der Waals surface area contributed by atoms with Crippen LogP contribution in [0.1, 0.15) is 34.1 Å². The number of amides is 2. The normalized spacial score (nSPS) is 13.9. The van der Waals surface area contributed by atoms with E-state index in [1.807, 2.05) is 0 Å². The summed E-state index contributed by atoms with van der Waals surface area (Å²) in [6.45, 7) is 6.77. The lowest BCUT2D eigenvalue weighted by Gasteiger charge is -2.23. The molecule has 0 fully saturated rings. The summed E-state index contributed by atoms with van der Waals surface area (Å²) >= 11 is 0. The Morgan fingerprint density at radius 3 is 2.13 bits per heavy atom. The molecule has 7 nitrogen and oxygen atoms in total. The maximum absolute atomic E-state index is 12.3. The van der Waals surface area contributed by atoms with Crippen LogP contribution in [0.2, 0.25) is 0 Å². The van der Waals surface area contributed by atoms with E-state index in [0.717, 1.165) is 5.75 Å². The van der Waals surface area contributed by atoms with Gasteiger partial charge < -0.3 is 20.1 Å². The van der Waals surface area contributed by atoms with E-state index >= 15 is 0 Å². The summed E-state index contributed by atoms with van der Waals surface area (Å²) in [4.78, 5) is 35.6. The van der Waals surface area contributed by atoms with Gasteiger partial charge in [-0.1, -0.05) is 0 Å². The van der Waals surface area contributed by atoms with Gasteiger partial charge in [0.25, 0.3) is 0 Å². The molecule has 134 valence electrons. The number of rotatable bonds is 7. The highest BCUT2D eigenvalue weighted by Gasteiger charge is 2.28. The monoisotopic (exact) mass is 349 g/mol. The minimum Gasteiger partial charge on any atom is -0.467 e. The first-order valence-corrected chi connectivity index (χ1v) is 9.59. The van der Waals surface area contributed by atoms with Crippen LogP contribution in [0.4, 0.5) is 4.79 Å². The van der Waals surface area contributed by atoms with Crippen LogP contribution in [-0.4, -0.2) is 61.0 Å². The number of ether oxygens (including phenoxy) is 2. The van der Waals surface area contributed by atoms with Crippen LogP contribution in [0, 0.1) is 0 Å². The van der Waals surface area contributed by atoms with E-state index in [1.54, 1.807) is 20.8 Å². The van der Waals surface area contributed by atoms with Gasteiger partial charge in [-0.3, -0.25) is 4.79 Å². The van der Waals surface area contributed by atoms with Crippen molar-refractivity contribution in [3.05, 3.63) is 0 Å². The summed E-state index contributed by atoms with van der Waals surface area (Å²) < 4.78 is 9.75. The molecule has 0 aromatic carbocycles. The second-order valence-electron chi connectivity index (χ2n) is 6.43. The first kappa shape index (κ1) is 21.6. The summed E-state index contributed by atoms with van der Waals surface area (Å²) in [7, 11) is 1.38. The van der Waals surface area contributed by atoms with Gasteiger partial charge in [0.2, 0.25) is 5.91 Å². The predicted octanol–water partition coefficient (Wildman–Crippen LogP) is 0.825. The number of hydrogen-bond acceptors (Lipinski definition) is 5. The van der Waals surface area contributed by atoms with Crippen LogP contribution in [0.15, 0.2) is 0 Å². The fourth-order valence-corrected chi connectivity index (χ4v) is 2.33. The molecule has 0 aliphatic rings. The van der Waals surface area contributed by atoms with E-state index in [2.05, 4.69) is 27.9 Å². The molecule has 0 saturated heterocycles. The van der Waals surface area contributed by atoms with Gasteiger partial charge in [0.05, 0.1) is 19.6 Å².